The van der Waals surface area contributed by atoms with Gasteiger partial charge < -0.3 is 45.9 Å². The molecule has 6 amide bonds. The second-order valence-electron chi connectivity index (χ2n) is 20.1. The van der Waals surface area contributed by atoms with Crippen LogP contribution in [-0.2, 0) is 44.7 Å². The van der Waals surface area contributed by atoms with E-state index in [0.717, 1.165) is 24.8 Å². The Kier molecular flexibility index (Phi) is 24.2. The molecule has 0 bridgehead atoms. The summed E-state index contributed by atoms with van der Waals surface area (Å²) in [6, 6.07) is 6.41. The minimum absolute atomic E-state index is 0.0124. The average molecular weight is 941 g/mol. The fraction of sp³-hybridized carbons (Fsp3) is 0.765. The summed E-state index contributed by atoms with van der Waals surface area (Å²) in [6.45, 7) is 21.2. The molecule has 16 nitrogen and oxygen atoms in total. The lowest BCUT2D eigenvalue weighted by Gasteiger charge is -2.40. The predicted molar refractivity (Wildman–Crippen MR) is 262 cm³/mol. The van der Waals surface area contributed by atoms with Crippen LogP contribution in [0.25, 0.3) is 0 Å². The number of nitrogens with two attached hydrogens (primary N) is 1. The van der Waals surface area contributed by atoms with Gasteiger partial charge >= 0.3 is 0 Å². The first kappa shape index (κ1) is 57.2. The van der Waals surface area contributed by atoms with Crippen LogP contribution in [-0.4, -0.2) is 165 Å². The third-order valence-corrected chi connectivity index (χ3v) is 14.1. The largest absolute Gasteiger partial charge is 0.378 e. The number of rotatable bonds is 28. The molecular weight excluding hydrogens is 853 g/mol. The summed E-state index contributed by atoms with van der Waals surface area (Å²) < 4.78 is 10.9. The summed E-state index contributed by atoms with van der Waals surface area (Å²) in [6.07, 6.45) is 4.02. The molecule has 2 heterocycles. The van der Waals surface area contributed by atoms with Crippen LogP contribution in [0.4, 0.5) is 0 Å². The highest BCUT2D eigenvalue weighted by atomic mass is 16.5. The fourth-order valence-corrected chi connectivity index (χ4v) is 10.2. The molecule has 2 fully saturated rings. The minimum atomic E-state index is -0.901. The monoisotopic (exact) mass is 941 g/mol. The van der Waals surface area contributed by atoms with E-state index in [1.807, 2.05) is 103 Å². The van der Waals surface area contributed by atoms with Crippen LogP contribution in [0.2, 0.25) is 0 Å². The van der Waals surface area contributed by atoms with Gasteiger partial charge in [-0.3, -0.25) is 33.7 Å². The number of ether oxygens (including phenoxy) is 2. The van der Waals surface area contributed by atoms with Gasteiger partial charge in [-0.05, 0) is 74.9 Å². The Hall–Kier alpha value is -4.12. The number of nitrogens with zero attached hydrogens (tertiary/aromatic N) is 4. The zero-order chi connectivity index (χ0) is 50.0. The Morgan fingerprint density at radius 1 is 0.776 bits per heavy atom. The van der Waals surface area contributed by atoms with Crippen LogP contribution >= 0.6 is 0 Å². The van der Waals surface area contributed by atoms with E-state index in [1.165, 1.54) is 0 Å². The highest BCUT2D eigenvalue weighted by Crippen LogP contribution is 2.32. The van der Waals surface area contributed by atoms with Gasteiger partial charge in [0, 0.05) is 64.1 Å². The molecule has 2 aliphatic rings. The number of hydrogen-bond acceptors (Lipinski definition) is 10. The first-order valence-corrected chi connectivity index (χ1v) is 25.1. The average Bonchev–Trinajstić information content (AvgIpc) is 3.99. The van der Waals surface area contributed by atoms with Crippen molar-refractivity contribution in [3.8, 4) is 0 Å². The molecule has 16 heteroatoms. The molecule has 67 heavy (non-hydrogen) atoms. The van der Waals surface area contributed by atoms with Crippen LogP contribution in [0.1, 0.15) is 106 Å². The second-order valence-corrected chi connectivity index (χ2v) is 20.1. The smallest absolute Gasteiger partial charge is 0.246 e. The number of likely N-dealkylation sites (N-methyl/N-ethyl adjacent to an activating group) is 2. The van der Waals surface area contributed by atoms with E-state index in [4.69, 9.17) is 15.2 Å². The van der Waals surface area contributed by atoms with E-state index in [0.29, 0.717) is 65.4 Å². The van der Waals surface area contributed by atoms with Crippen molar-refractivity contribution in [2.24, 2.45) is 41.2 Å². The minimum Gasteiger partial charge on any atom is -0.378 e. The molecule has 1 aromatic rings. The first-order valence-electron chi connectivity index (χ1n) is 25.1. The standard InChI is InChI=1S/C51H88N8O8/c1-13-35(6)46(57(12)51(65)44(33(2)3)55-49(63)45(34(4)5)56(10)11)36(7)31-43(60)58-25-17-21-41(58)37(8)38(9)47(61)54-40(32-39-19-15-14-16-20-39)50(64)59-26-18-22-42(59)48(62)53-24-28-67-30-29-66-27-23-52/h14-16,19-20,33-38,40-42,44-46H,13,17-18,21-32,52H2,1-12H3,(H,53,62)(H,54,61)(H,55,63)/t35?,36?,37?,38?,40-,41?,42+,44-,45?,46?/m0/s1. The van der Waals surface area contributed by atoms with E-state index in [1.54, 1.807) is 16.8 Å². The Balaban J connectivity index is 1.72. The molecule has 0 aliphatic carbocycles. The highest BCUT2D eigenvalue weighted by Gasteiger charge is 2.42. The Labute approximate surface area is 402 Å². The van der Waals surface area contributed by atoms with Gasteiger partial charge in [0.1, 0.15) is 18.1 Å². The van der Waals surface area contributed by atoms with E-state index in [2.05, 4.69) is 29.8 Å². The maximum Gasteiger partial charge on any atom is 0.246 e. The van der Waals surface area contributed by atoms with Crippen molar-refractivity contribution in [2.75, 3.05) is 73.7 Å². The van der Waals surface area contributed by atoms with Crippen molar-refractivity contribution < 1.29 is 38.2 Å². The molecule has 1 aromatic carbocycles. The molecule has 0 aromatic heterocycles. The summed E-state index contributed by atoms with van der Waals surface area (Å²) in [5.41, 5.74) is 6.33. The third kappa shape index (κ3) is 16.5. The van der Waals surface area contributed by atoms with Crippen molar-refractivity contribution in [2.45, 2.75) is 144 Å². The lowest BCUT2D eigenvalue weighted by molar-refractivity contribution is -0.143. The number of nitrogens with one attached hydrogen (secondary N) is 3. The summed E-state index contributed by atoms with van der Waals surface area (Å²) in [4.78, 5) is 91.4. The van der Waals surface area contributed by atoms with Crippen molar-refractivity contribution >= 4 is 35.4 Å². The predicted octanol–water partition coefficient (Wildman–Crippen LogP) is 3.70. The number of hydrogen-bond donors (Lipinski definition) is 4. The van der Waals surface area contributed by atoms with Crippen molar-refractivity contribution in [3.05, 3.63) is 35.9 Å². The summed E-state index contributed by atoms with van der Waals surface area (Å²) in [7, 11) is 5.53. The van der Waals surface area contributed by atoms with E-state index in [-0.39, 0.29) is 96.0 Å². The number of amides is 6. The lowest BCUT2D eigenvalue weighted by Crippen LogP contribution is -2.58. The molecule has 2 aliphatic heterocycles. The van der Waals surface area contributed by atoms with Gasteiger partial charge in [0.05, 0.1) is 32.5 Å². The van der Waals surface area contributed by atoms with Gasteiger partial charge in [-0.15, -0.1) is 0 Å². The van der Waals surface area contributed by atoms with E-state index >= 15 is 0 Å². The molecule has 0 spiro atoms. The van der Waals surface area contributed by atoms with Crippen LogP contribution < -0.4 is 21.7 Å². The molecular formula is C51H88N8O8. The summed E-state index contributed by atoms with van der Waals surface area (Å²) in [5.74, 6) is -2.18. The quantitative estimate of drug-likeness (QED) is 0.0901. The van der Waals surface area contributed by atoms with Gasteiger partial charge in [0.25, 0.3) is 0 Å². The SMILES string of the molecule is CCC(C)C(C(C)CC(=O)N1CCCC1C(C)C(C)C(=O)N[C@@H](Cc1ccccc1)C(=O)N1CCC[C@@H]1C(=O)NCCOCCOCCN)N(C)C(=O)[C@@H](NC(=O)C(C(C)C)N(C)C)C(C)C. The summed E-state index contributed by atoms with van der Waals surface area (Å²) in [5, 5.41) is 9.08. The fourth-order valence-electron chi connectivity index (χ4n) is 10.2. The van der Waals surface area contributed by atoms with Gasteiger partial charge in [-0.1, -0.05) is 99.1 Å². The second kappa shape index (κ2) is 28.4. The number of carbonyl (C=O) groups is 6. The molecule has 10 atom stereocenters. The maximum absolute atomic E-state index is 14.4. The molecule has 0 radical (unpaired) electrons. The molecule has 380 valence electrons. The lowest BCUT2D eigenvalue weighted by atomic mass is 9.84. The normalized spacial score (nSPS) is 19.9. The van der Waals surface area contributed by atoms with Crippen LogP contribution in [0, 0.1) is 35.5 Å². The van der Waals surface area contributed by atoms with Crippen molar-refractivity contribution in [3.63, 3.8) is 0 Å². The van der Waals surface area contributed by atoms with Gasteiger partial charge in [0.15, 0.2) is 0 Å². The topological polar surface area (TPSA) is 196 Å². The maximum atomic E-state index is 14.4. The van der Waals surface area contributed by atoms with Crippen LogP contribution in [0.15, 0.2) is 30.3 Å². The molecule has 0 saturated carbocycles. The Morgan fingerprint density at radius 3 is 2.00 bits per heavy atom. The van der Waals surface area contributed by atoms with Crippen molar-refractivity contribution in [1.82, 2.24) is 35.6 Å². The first-order chi connectivity index (χ1) is 31.8. The Morgan fingerprint density at radius 2 is 1.40 bits per heavy atom. The van der Waals surface area contributed by atoms with Gasteiger partial charge in [-0.25, -0.2) is 0 Å². The third-order valence-electron chi connectivity index (χ3n) is 14.1. The summed E-state index contributed by atoms with van der Waals surface area (Å²) >= 11 is 0. The van der Waals surface area contributed by atoms with Crippen LogP contribution in [0.5, 0.6) is 0 Å². The number of likely N-dealkylation sites (tertiary alicyclic amines) is 2. The zero-order valence-electron chi connectivity index (χ0n) is 43.1. The molecule has 5 N–H and O–H groups in total. The highest BCUT2D eigenvalue weighted by molar-refractivity contribution is 5.93. The van der Waals surface area contributed by atoms with Gasteiger partial charge in [-0.2, -0.15) is 0 Å². The van der Waals surface area contributed by atoms with Crippen LogP contribution in [0.3, 0.4) is 0 Å². The Bertz CT molecular complexity index is 1710. The molecule has 2 saturated heterocycles. The molecule has 3 rings (SSSR count). The van der Waals surface area contributed by atoms with Crippen molar-refractivity contribution in [1.29, 1.82) is 0 Å². The van der Waals surface area contributed by atoms with Gasteiger partial charge in [0.2, 0.25) is 35.4 Å². The number of carbonyl (C=O) groups excluding carboxylic acids is 6. The van der Waals surface area contributed by atoms with E-state index < -0.39 is 24.0 Å². The number of benzene rings is 1. The zero-order valence-corrected chi connectivity index (χ0v) is 43.1. The molecule has 7 unspecified atom stereocenters. The van der Waals surface area contributed by atoms with E-state index in [9.17, 15) is 28.8 Å².